The lowest BCUT2D eigenvalue weighted by Crippen LogP contribution is -2.31. The summed E-state index contributed by atoms with van der Waals surface area (Å²) >= 11 is 6.55. The number of hydrogen-bond acceptors (Lipinski definition) is 3. The molecule has 0 aliphatic rings. The van der Waals surface area contributed by atoms with Crippen molar-refractivity contribution in [2.45, 2.75) is 6.04 Å². The van der Waals surface area contributed by atoms with Gasteiger partial charge < -0.3 is 0 Å². The van der Waals surface area contributed by atoms with Crippen molar-refractivity contribution >= 4 is 31.9 Å². The van der Waals surface area contributed by atoms with Gasteiger partial charge in [-0.3, -0.25) is 10.5 Å². The fraction of sp³-hybridized carbons (Fsp3) is 0.182. The average Bonchev–Trinajstić information content (AvgIpc) is 2.67. The van der Waals surface area contributed by atoms with E-state index in [-0.39, 0.29) is 5.82 Å². The highest BCUT2D eigenvalue weighted by Gasteiger charge is 2.23. The van der Waals surface area contributed by atoms with Crippen molar-refractivity contribution in [2.75, 3.05) is 0 Å². The molecule has 1 unspecified atom stereocenters. The Hall–Kier alpha value is -0.760. The molecule has 1 aromatic heterocycles. The van der Waals surface area contributed by atoms with Crippen molar-refractivity contribution < 1.29 is 4.39 Å². The third-order valence-corrected chi connectivity index (χ3v) is 3.89. The van der Waals surface area contributed by atoms with Crippen LogP contribution < -0.4 is 11.3 Å². The van der Waals surface area contributed by atoms with Crippen LogP contribution in [0.15, 0.2) is 33.3 Å². The summed E-state index contributed by atoms with van der Waals surface area (Å²) < 4.78 is 16.9. The first-order valence-electron chi connectivity index (χ1n) is 5.13. The molecular formula is C11H11Br2FN4. The van der Waals surface area contributed by atoms with Gasteiger partial charge in [0.25, 0.3) is 0 Å². The van der Waals surface area contributed by atoms with Crippen LogP contribution in [0.25, 0.3) is 0 Å². The van der Waals surface area contributed by atoms with Crippen molar-refractivity contribution in [3.05, 3.63) is 50.4 Å². The number of halogens is 3. The summed E-state index contributed by atoms with van der Waals surface area (Å²) in [6, 6.07) is 4.61. The molecule has 0 aliphatic heterocycles. The third kappa shape index (κ3) is 2.35. The lowest BCUT2D eigenvalue weighted by atomic mass is 10.0. The van der Waals surface area contributed by atoms with E-state index in [2.05, 4.69) is 42.4 Å². The van der Waals surface area contributed by atoms with Gasteiger partial charge in [0.15, 0.2) is 0 Å². The molecule has 1 heterocycles. The second-order valence-corrected chi connectivity index (χ2v) is 5.45. The number of nitrogens with zero attached hydrogens (tertiary/aromatic N) is 2. The first-order chi connectivity index (χ1) is 8.56. The van der Waals surface area contributed by atoms with Crippen LogP contribution in [0.1, 0.15) is 17.3 Å². The van der Waals surface area contributed by atoms with Crippen molar-refractivity contribution in [1.29, 1.82) is 0 Å². The van der Waals surface area contributed by atoms with E-state index in [4.69, 9.17) is 5.84 Å². The number of benzene rings is 1. The maximum absolute atomic E-state index is 14.1. The molecular weight excluding hydrogens is 367 g/mol. The minimum atomic E-state index is -0.482. The third-order valence-electron chi connectivity index (χ3n) is 2.67. The normalized spacial score (nSPS) is 12.7. The lowest BCUT2D eigenvalue weighted by molar-refractivity contribution is 0.529. The zero-order valence-electron chi connectivity index (χ0n) is 9.49. The van der Waals surface area contributed by atoms with Crippen LogP contribution in [-0.2, 0) is 7.05 Å². The van der Waals surface area contributed by atoms with Gasteiger partial charge in [-0.05, 0) is 37.9 Å². The second-order valence-electron chi connectivity index (χ2n) is 3.74. The number of aromatic nitrogens is 2. The van der Waals surface area contributed by atoms with Gasteiger partial charge in [-0.25, -0.2) is 9.82 Å². The molecule has 1 aromatic carbocycles. The van der Waals surface area contributed by atoms with Gasteiger partial charge >= 0.3 is 0 Å². The van der Waals surface area contributed by atoms with Gasteiger partial charge in [-0.1, -0.05) is 12.1 Å². The summed E-state index contributed by atoms with van der Waals surface area (Å²) in [5.74, 6) is 5.22. The molecule has 0 saturated carbocycles. The number of rotatable bonds is 3. The fourth-order valence-electron chi connectivity index (χ4n) is 1.80. The van der Waals surface area contributed by atoms with Crippen molar-refractivity contribution in [1.82, 2.24) is 15.2 Å². The van der Waals surface area contributed by atoms with Crippen LogP contribution in [0, 0.1) is 5.82 Å². The topological polar surface area (TPSA) is 55.9 Å². The molecule has 3 N–H and O–H groups in total. The zero-order chi connectivity index (χ0) is 13.3. The van der Waals surface area contributed by atoms with Crippen molar-refractivity contribution in [3.8, 4) is 0 Å². The summed E-state index contributed by atoms with van der Waals surface area (Å²) in [6.45, 7) is 0. The summed E-state index contributed by atoms with van der Waals surface area (Å²) in [5.41, 5.74) is 3.83. The Morgan fingerprint density at radius 1 is 1.39 bits per heavy atom. The molecule has 4 nitrogen and oxygen atoms in total. The van der Waals surface area contributed by atoms with E-state index in [0.29, 0.717) is 10.0 Å². The Bertz CT molecular complexity index is 551. The van der Waals surface area contributed by atoms with E-state index >= 15 is 0 Å². The molecule has 0 spiro atoms. The summed E-state index contributed by atoms with van der Waals surface area (Å²) in [6.07, 6.45) is 1.65. The molecule has 0 aliphatic carbocycles. The molecule has 0 radical (unpaired) electrons. The van der Waals surface area contributed by atoms with Gasteiger partial charge in [0.05, 0.1) is 26.9 Å². The van der Waals surface area contributed by atoms with Crippen LogP contribution in [0.3, 0.4) is 0 Å². The first-order valence-corrected chi connectivity index (χ1v) is 6.72. The zero-order valence-corrected chi connectivity index (χ0v) is 12.7. The smallest absolute Gasteiger partial charge is 0.142 e. The van der Waals surface area contributed by atoms with Crippen molar-refractivity contribution in [2.24, 2.45) is 12.9 Å². The Morgan fingerprint density at radius 3 is 2.67 bits per heavy atom. The first kappa shape index (κ1) is 13.7. The summed E-state index contributed by atoms with van der Waals surface area (Å²) in [5, 5.41) is 4.10. The molecule has 0 fully saturated rings. The van der Waals surface area contributed by atoms with Gasteiger partial charge in [0, 0.05) is 12.6 Å². The highest BCUT2D eigenvalue weighted by atomic mass is 79.9. The van der Waals surface area contributed by atoms with E-state index in [1.165, 1.54) is 0 Å². The van der Waals surface area contributed by atoms with E-state index in [1.807, 2.05) is 0 Å². The predicted octanol–water partition coefficient (Wildman–Crippen LogP) is 2.64. The summed E-state index contributed by atoms with van der Waals surface area (Å²) in [7, 11) is 1.78. The minimum Gasteiger partial charge on any atom is -0.271 e. The van der Waals surface area contributed by atoms with E-state index in [0.717, 1.165) is 10.2 Å². The maximum atomic E-state index is 14.1. The SMILES string of the molecule is Cn1ncc(Br)c1C(NN)c1cccc(Br)c1F. The highest BCUT2D eigenvalue weighted by Crippen LogP contribution is 2.31. The average molecular weight is 378 g/mol. The van der Waals surface area contributed by atoms with Crippen LogP contribution in [0.2, 0.25) is 0 Å². The molecule has 2 rings (SSSR count). The van der Waals surface area contributed by atoms with Gasteiger partial charge in [0.1, 0.15) is 5.82 Å². The monoisotopic (exact) mass is 376 g/mol. The molecule has 0 saturated heterocycles. The molecule has 1 atom stereocenters. The van der Waals surface area contributed by atoms with E-state index < -0.39 is 6.04 Å². The number of hydrazine groups is 1. The van der Waals surface area contributed by atoms with Gasteiger partial charge in [0.2, 0.25) is 0 Å². The molecule has 7 heteroatoms. The van der Waals surface area contributed by atoms with Gasteiger partial charge in [-0.15, -0.1) is 0 Å². The number of hydrogen-bond donors (Lipinski definition) is 2. The van der Waals surface area contributed by atoms with Crippen LogP contribution in [0.5, 0.6) is 0 Å². The van der Waals surface area contributed by atoms with Crippen LogP contribution in [0.4, 0.5) is 4.39 Å². The molecule has 0 bridgehead atoms. The number of nitrogens with two attached hydrogens (primary N) is 1. The summed E-state index contributed by atoms with van der Waals surface area (Å²) in [4.78, 5) is 0. The van der Waals surface area contributed by atoms with Gasteiger partial charge in [-0.2, -0.15) is 5.10 Å². The molecule has 96 valence electrons. The Labute approximate surface area is 121 Å². The quantitative estimate of drug-likeness (QED) is 0.638. The highest BCUT2D eigenvalue weighted by molar-refractivity contribution is 9.10. The second kappa shape index (κ2) is 5.48. The molecule has 2 aromatic rings. The fourth-order valence-corrected chi connectivity index (χ4v) is 2.76. The van der Waals surface area contributed by atoms with Crippen LogP contribution in [-0.4, -0.2) is 9.78 Å². The molecule has 0 amide bonds. The number of nitrogens with one attached hydrogen (secondary N) is 1. The Morgan fingerprint density at radius 2 is 2.11 bits per heavy atom. The largest absolute Gasteiger partial charge is 0.271 e. The lowest BCUT2D eigenvalue weighted by Gasteiger charge is -2.18. The van der Waals surface area contributed by atoms with E-state index in [1.54, 1.807) is 36.1 Å². The van der Waals surface area contributed by atoms with E-state index in [9.17, 15) is 4.39 Å². The standard InChI is InChI=1S/C11H11Br2FN4/c1-18-11(8(13)5-16-18)10(17-15)6-3-2-4-7(12)9(6)14/h2-5,10,17H,15H2,1H3. The predicted molar refractivity (Wildman–Crippen MR) is 74.2 cm³/mol. The maximum Gasteiger partial charge on any atom is 0.142 e. The number of aryl methyl sites for hydroxylation is 1. The molecule has 18 heavy (non-hydrogen) atoms. The Kier molecular flexibility index (Phi) is 4.16. The minimum absolute atomic E-state index is 0.339. The Balaban J connectivity index is 2.56. The van der Waals surface area contributed by atoms with Crippen LogP contribution >= 0.6 is 31.9 Å². The van der Waals surface area contributed by atoms with Crippen molar-refractivity contribution in [3.63, 3.8) is 0 Å².